The smallest absolute Gasteiger partial charge is 0.200 e. The van der Waals surface area contributed by atoms with Crippen LogP contribution in [0.4, 0.5) is 5.88 Å². The van der Waals surface area contributed by atoms with Crippen LogP contribution in [0.25, 0.3) is 11.0 Å². The Balaban J connectivity index is 1.27. The predicted molar refractivity (Wildman–Crippen MR) is 144 cm³/mol. The highest BCUT2D eigenvalue weighted by atomic mass is 16.4. The highest BCUT2D eigenvalue weighted by Gasteiger charge is 2.17. The molecule has 0 atom stereocenters. The zero-order valence-electron chi connectivity index (χ0n) is 20.6. The molecule has 0 saturated carbocycles. The van der Waals surface area contributed by atoms with Crippen LogP contribution in [0.5, 0.6) is 0 Å². The lowest BCUT2D eigenvalue weighted by atomic mass is 10.2. The molecule has 0 aliphatic rings. The van der Waals surface area contributed by atoms with Crippen LogP contribution < -0.4 is 10.3 Å². The lowest BCUT2D eigenvalue weighted by molar-refractivity contribution is 0.561. The molecule has 0 fully saturated rings. The molecule has 3 heterocycles. The van der Waals surface area contributed by atoms with Gasteiger partial charge in [0.2, 0.25) is 5.88 Å². The van der Waals surface area contributed by atoms with Gasteiger partial charge in [-0.15, -0.1) is 10.2 Å². The Morgan fingerprint density at radius 1 is 0.684 bits per heavy atom. The van der Waals surface area contributed by atoms with Crippen LogP contribution in [0.1, 0.15) is 22.5 Å². The van der Waals surface area contributed by atoms with Crippen molar-refractivity contribution in [1.82, 2.24) is 30.0 Å². The molecule has 0 amide bonds. The molecule has 0 spiro atoms. The zero-order valence-corrected chi connectivity index (χ0v) is 20.6. The van der Waals surface area contributed by atoms with Crippen molar-refractivity contribution in [2.24, 2.45) is 0 Å². The summed E-state index contributed by atoms with van der Waals surface area (Å²) in [5.41, 5.74) is 4.18. The number of fused-ring (bicyclic) bond motifs is 1. The van der Waals surface area contributed by atoms with Crippen molar-refractivity contribution in [3.8, 4) is 0 Å². The predicted octanol–water partition coefficient (Wildman–Crippen LogP) is 4.28. The van der Waals surface area contributed by atoms with E-state index in [1.54, 1.807) is 21.5 Å². The van der Waals surface area contributed by atoms with Crippen molar-refractivity contribution >= 4 is 16.9 Å². The molecule has 0 unspecified atom stereocenters. The topological polar surface area (TPSA) is 94.9 Å². The van der Waals surface area contributed by atoms with Crippen molar-refractivity contribution in [2.45, 2.75) is 26.2 Å². The third kappa shape index (κ3) is 5.36. The Hall–Kier alpha value is -5.05. The third-order valence-electron chi connectivity index (χ3n) is 6.19. The minimum atomic E-state index is -0.104. The normalized spacial score (nSPS) is 11.2. The van der Waals surface area contributed by atoms with E-state index >= 15 is 0 Å². The summed E-state index contributed by atoms with van der Waals surface area (Å²) in [6, 6.07) is 28.9. The fourth-order valence-corrected chi connectivity index (χ4v) is 4.37. The minimum Gasteiger partial charge on any atom is -0.440 e. The molecule has 6 aromatic rings. The van der Waals surface area contributed by atoms with E-state index in [2.05, 4.69) is 44.9 Å². The molecule has 38 heavy (non-hydrogen) atoms. The SMILES string of the molecule is O=c1cc(N(Cc2cn(Cc3ccccc3)nn2)Cc2cn(Cc3ccccc3)nn2)oc2ccccc12. The summed E-state index contributed by atoms with van der Waals surface area (Å²) >= 11 is 0. The maximum Gasteiger partial charge on any atom is 0.200 e. The van der Waals surface area contributed by atoms with Gasteiger partial charge in [0.05, 0.1) is 44.0 Å². The van der Waals surface area contributed by atoms with Gasteiger partial charge >= 0.3 is 0 Å². The standard InChI is InChI=1S/C29H25N7O2/c37-27-15-29(38-28-14-8-7-13-26(27)28)34(18-24-20-35(32-30-24)16-22-9-3-1-4-10-22)19-25-21-36(33-31-25)17-23-11-5-2-6-12-23/h1-15,20-21H,16-19H2. The number of hydrogen-bond donors (Lipinski definition) is 0. The summed E-state index contributed by atoms with van der Waals surface area (Å²) in [6.45, 7) is 1.99. The quantitative estimate of drug-likeness (QED) is 0.291. The van der Waals surface area contributed by atoms with Crippen molar-refractivity contribution in [2.75, 3.05) is 4.90 Å². The van der Waals surface area contributed by atoms with Crippen LogP contribution >= 0.6 is 0 Å². The van der Waals surface area contributed by atoms with Gasteiger partial charge in [0, 0.05) is 6.07 Å². The van der Waals surface area contributed by atoms with Gasteiger partial charge in [-0.2, -0.15) is 0 Å². The van der Waals surface area contributed by atoms with E-state index in [1.165, 1.54) is 6.07 Å². The molecule has 3 aromatic carbocycles. The summed E-state index contributed by atoms with van der Waals surface area (Å²) in [7, 11) is 0. The van der Waals surface area contributed by atoms with E-state index in [0.717, 1.165) is 22.5 Å². The molecule has 0 bridgehead atoms. The van der Waals surface area contributed by atoms with Gasteiger partial charge in [-0.25, -0.2) is 9.36 Å². The van der Waals surface area contributed by atoms with Crippen molar-refractivity contribution in [1.29, 1.82) is 0 Å². The fourth-order valence-electron chi connectivity index (χ4n) is 4.37. The molecular formula is C29H25N7O2. The summed E-state index contributed by atoms with van der Waals surface area (Å²) in [5, 5.41) is 17.9. The number of para-hydroxylation sites is 1. The van der Waals surface area contributed by atoms with Crippen LogP contribution in [-0.2, 0) is 26.2 Å². The van der Waals surface area contributed by atoms with Crippen molar-refractivity contribution in [3.05, 3.63) is 136 Å². The van der Waals surface area contributed by atoms with Crippen LogP contribution in [0.15, 0.2) is 113 Å². The van der Waals surface area contributed by atoms with Crippen LogP contribution in [-0.4, -0.2) is 30.0 Å². The minimum absolute atomic E-state index is 0.104. The summed E-state index contributed by atoms with van der Waals surface area (Å²) < 4.78 is 9.77. The maximum absolute atomic E-state index is 12.9. The number of anilines is 1. The van der Waals surface area contributed by atoms with E-state index in [4.69, 9.17) is 4.42 Å². The summed E-state index contributed by atoms with van der Waals surface area (Å²) in [5.74, 6) is 0.434. The molecule has 0 aliphatic heterocycles. The highest BCUT2D eigenvalue weighted by molar-refractivity contribution is 5.77. The second kappa shape index (κ2) is 10.5. The van der Waals surface area contributed by atoms with Gasteiger partial charge in [-0.05, 0) is 23.3 Å². The number of benzene rings is 3. The molecule has 6 rings (SSSR count). The Morgan fingerprint density at radius 2 is 1.21 bits per heavy atom. The van der Waals surface area contributed by atoms with Crippen molar-refractivity contribution in [3.63, 3.8) is 0 Å². The van der Waals surface area contributed by atoms with Crippen LogP contribution in [0, 0.1) is 0 Å². The highest BCUT2D eigenvalue weighted by Crippen LogP contribution is 2.22. The number of rotatable bonds is 9. The van der Waals surface area contributed by atoms with Crippen LogP contribution in [0.2, 0.25) is 0 Å². The number of aromatic nitrogens is 6. The average Bonchev–Trinajstić information content (AvgIpc) is 3.58. The van der Waals surface area contributed by atoms with Gasteiger partial charge < -0.3 is 9.32 Å². The zero-order chi connectivity index (χ0) is 25.7. The van der Waals surface area contributed by atoms with E-state index < -0.39 is 0 Å². The maximum atomic E-state index is 12.9. The van der Waals surface area contributed by atoms with Crippen LogP contribution in [0.3, 0.4) is 0 Å². The van der Waals surface area contributed by atoms with Crippen molar-refractivity contribution < 1.29 is 4.42 Å². The van der Waals surface area contributed by atoms with E-state index in [9.17, 15) is 4.79 Å². The molecule has 9 nitrogen and oxygen atoms in total. The molecular weight excluding hydrogens is 478 g/mol. The Bertz CT molecular complexity index is 1630. The van der Waals surface area contributed by atoms with E-state index in [1.807, 2.05) is 65.8 Å². The van der Waals surface area contributed by atoms with Gasteiger partial charge in [0.25, 0.3) is 0 Å². The Morgan fingerprint density at radius 3 is 1.79 bits per heavy atom. The molecule has 0 radical (unpaired) electrons. The largest absolute Gasteiger partial charge is 0.440 e. The second-order valence-corrected chi connectivity index (χ2v) is 9.09. The molecule has 3 aromatic heterocycles. The lowest BCUT2D eigenvalue weighted by Gasteiger charge is -2.21. The second-order valence-electron chi connectivity index (χ2n) is 9.09. The Kier molecular flexibility index (Phi) is 6.46. The first-order valence-electron chi connectivity index (χ1n) is 12.3. The molecule has 0 N–H and O–H groups in total. The third-order valence-corrected chi connectivity index (χ3v) is 6.19. The van der Waals surface area contributed by atoms with E-state index in [-0.39, 0.29) is 5.43 Å². The van der Waals surface area contributed by atoms with Gasteiger partial charge in [0.15, 0.2) is 5.43 Å². The first kappa shape index (κ1) is 23.4. The Labute approximate surface area is 218 Å². The van der Waals surface area contributed by atoms with Gasteiger partial charge in [-0.3, -0.25) is 4.79 Å². The van der Waals surface area contributed by atoms with E-state index in [0.29, 0.717) is 43.0 Å². The first-order valence-corrected chi connectivity index (χ1v) is 12.3. The van der Waals surface area contributed by atoms with Gasteiger partial charge in [-0.1, -0.05) is 83.2 Å². The number of nitrogens with zero attached hydrogens (tertiary/aromatic N) is 7. The molecule has 0 aliphatic carbocycles. The summed E-state index contributed by atoms with van der Waals surface area (Å²) in [6.07, 6.45) is 3.82. The molecule has 188 valence electrons. The first-order chi connectivity index (χ1) is 18.7. The lowest BCUT2D eigenvalue weighted by Crippen LogP contribution is -2.24. The number of hydrogen-bond acceptors (Lipinski definition) is 7. The van der Waals surface area contributed by atoms with Gasteiger partial charge in [0.1, 0.15) is 17.0 Å². The molecule has 9 heteroatoms. The monoisotopic (exact) mass is 503 g/mol. The average molecular weight is 504 g/mol. The molecule has 0 saturated heterocycles. The summed E-state index contributed by atoms with van der Waals surface area (Å²) in [4.78, 5) is 14.8. The fraction of sp³-hybridized carbons (Fsp3) is 0.138.